The SMILES string of the molecule is CCCC.CCOC(C)OCC.N#CC(C=O)C1CCCC1. The van der Waals surface area contributed by atoms with Crippen molar-refractivity contribution in [3.8, 4) is 6.07 Å². The fraction of sp³-hybridized carbons (Fsp3) is 0.889. The smallest absolute Gasteiger partial charge is 0.154 e. The first-order valence-corrected chi connectivity index (χ1v) is 8.69. The lowest BCUT2D eigenvalue weighted by atomic mass is 9.94. The van der Waals surface area contributed by atoms with Crippen LogP contribution in [0.2, 0.25) is 0 Å². The lowest BCUT2D eigenvalue weighted by Gasteiger charge is -2.09. The van der Waals surface area contributed by atoms with Crippen molar-refractivity contribution in [3.63, 3.8) is 0 Å². The van der Waals surface area contributed by atoms with Crippen molar-refractivity contribution >= 4 is 6.29 Å². The van der Waals surface area contributed by atoms with Gasteiger partial charge in [0, 0.05) is 13.2 Å². The molecule has 0 aromatic rings. The Bertz CT molecular complexity index is 262. The third kappa shape index (κ3) is 14.0. The quantitative estimate of drug-likeness (QED) is 0.503. The molecule has 1 aliphatic carbocycles. The van der Waals surface area contributed by atoms with Crippen LogP contribution in [0.25, 0.3) is 0 Å². The Morgan fingerprint density at radius 3 is 1.82 bits per heavy atom. The Morgan fingerprint density at radius 1 is 1.09 bits per heavy atom. The normalized spacial score (nSPS) is 15.1. The molecule has 0 spiro atoms. The summed E-state index contributed by atoms with van der Waals surface area (Å²) in [7, 11) is 0. The molecule has 1 fully saturated rings. The Labute approximate surface area is 137 Å². The molecule has 4 heteroatoms. The van der Waals surface area contributed by atoms with Gasteiger partial charge in [-0.05, 0) is 39.5 Å². The summed E-state index contributed by atoms with van der Waals surface area (Å²) in [5.74, 6) is 0.0324. The molecule has 1 unspecified atom stereocenters. The number of aldehydes is 1. The summed E-state index contributed by atoms with van der Waals surface area (Å²) in [6.45, 7) is 11.6. The highest BCUT2D eigenvalue weighted by Crippen LogP contribution is 2.29. The minimum absolute atomic E-state index is 0.0370. The Kier molecular flexibility index (Phi) is 19.2. The first-order chi connectivity index (χ1) is 10.6. The lowest BCUT2D eigenvalue weighted by molar-refractivity contribution is -0.123. The maximum atomic E-state index is 10.3. The van der Waals surface area contributed by atoms with E-state index in [2.05, 4.69) is 13.8 Å². The van der Waals surface area contributed by atoms with E-state index in [1.807, 2.05) is 26.8 Å². The molecule has 0 heterocycles. The van der Waals surface area contributed by atoms with Gasteiger partial charge in [-0.3, -0.25) is 0 Å². The molecule has 0 aliphatic heterocycles. The van der Waals surface area contributed by atoms with E-state index in [0.717, 1.165) is 32.3 Å². The summed E-state index contributed by atoms with van der Waals surface area (Å²) >= 11 is 0. The van der Waals surface area contributed by atoms with E-state index >= 15 is 0 Å². The van der Waals surface area contributed by atoms with E-state index in [1.54, 1.807) is 0 Å². The number of carbonyl (C=O) groups is 1. The molecule has 1 atom stereocenters. The average Bonchev–Trinajstić information content (AvgIpc) is 3.04. The van der Waals surface area contributed by atoms with Gasteiger partial charge in [-0.2, -0.15) is 5.26 Å². The fourth-order valence-corrected chi connectivity index (χ4v) is 2.08. The van der Waals surface area contributed by atoms with Crippen LogP contribution in [0.4, 0.5) is 0 Å². The Balaban J connectivity index is 0. The molecule has 22 heavy (non-hydrogen) atoms. The molecule has 130 valence electrons. The van der Waals surface area contributed by atoms with Crippen molar-refractivity contribution in [1.29, 1.82) is 5.26 Å². The Morgan fingerprint density at radius 2 is 1.55 bits per heavy atom. The molecule has 0 aromatic carbocycles. The minimum Gasteiger partial charge on any atom is -0.353 e. The highest BCUT2D eigenvalue weighted by atomic mass is 16.7. The van der Waals surface area contributed by atoms with Gasteiger partial charge in [0.2, 0.25) is 0 Å². The lowest BCUT2D eigenvalue weighted by Crippen LogP contribution is -2.11. The first-order valence-electron chi connectivity index (χ1n) is 8.69. The van der Waals surface area contributed by atoms with Crippen molar-refractivity contribution in [3.05, 3.63) is 0 Å². The first kappa shape index (κ1) is 23.3. The summed E-state index contributed by atoms with van der Waals surface area (Å²) in [5.41, 5.74) is 0. The van der Waals surface area contributed by atoms with Gasteiger partial charge in [-0.15, -0.1) is 0 Å². The van der Waals surface area contributed by atoms with Gasteiger partial charge in [0.05, 0.1) is 6.07 Å². The van der Waals surface area contributed by atoms with Crippen LogP contribution in [-0.4, -0.2) is 25.8 Å². The van der Waals surface area contributed by atoms with E-state index in [0.29, 0.717) is 5.92 Å². The van der Waals surface area contributed by atoms with Crippen molar-refractivity contribution in [1.82, 2.24) is 0 Å². The molecule has 0 aromatic heterocycles. The molecular weight excluding hydrogens is 278 g/mol. The molecule has 1 saturated carbocycles. The van der Waals surface area contributed by atoms with E-state index in [4.69, 9.17) is 14.7 Å². The maximum Gasteiger partial charge on any atom is 0.154 e. The zero-order valence-corrected chi connectivity index (χ0v) is 15.1. The van der Waals surface area contributed by atoms with Gasteiger partial charge >= 0.3 is 0 Å². The summed E-state index contributed by atoms with van der Waals surface area (Å²) in [6.07, 6.45) is 7.90. The predicted octanol–water partition coefficient (Wildman–Crippen LogP) is 4.73. The number of hydrogen-bond donors (Lipinski definition) is 0. The fourth-order valence-electron chi connectivity index (χ4n) is 2.08. The second-order valence-electron chi connectivity index (χ2n) is 5.31. The second kappa shape index (κ2) is 18.1. The molecule has 0 radical (unpaired) electrons. The highest BCUT2D eigenvalue weighted by Gasteiger charge is 2.23. The third-order valence-electron chi connectivity index (χ3n) is 3.51. The van der Waals surface area contributed by atoms with Crippen LogP contribution in [0.15, 0.2) is 0 Å². The molecule has 1 rings (SSSR count). The van der Waals surface area contributed by atoms with Crippen LogP contribution in [0, 0.1) is 23.2 Å². The van der Waals surface area contributed by atoms with Gasteiger partial charge in [0.25, 0.3) is 0 Å². The number of rotatable bonds is 7. The number of ether oxygens (including phenoxy) is 2. The van der Waals surface area contributed by atoms with Gasteiger partial charge < -0.3 is 14.3 Å². The van der Waals surface area contributed by atoms with Crippen molar-refractivity contribution in [2.24, 2.45) is 11.8 Å². The summed E-state index contributed by atoms with van der Waals surface area (Å²) in [4.78, 5) is 10.3. The van der Waals surface area contributed by atoms with Crippen molar-refractivity contribution in [2.75, 3.05) is 13.2 Å². The molecule has 0 N–H and O–H groups in total. The zero-order valence-electron chi connectivity index (χ0n) is 15.1. The minimum atomic E-state index is -0.331. The molecule has 4 nitrogen and oxygen atoms in total. The topological polar surface area (TPSA) is 59.3 Å². The van der Waals surface area contributed by atoms with E-state index in [9.17, 15) is 4.79 Å². The number of nitriles is 1. The average molecular weight is 313 g/mol. The monoisotopic (exact) mass is 313 g/mol. The van der Waals surface area contributed by atoms with Crippen molar-refractivity contribution in [2.45, 2.75) is 79.4 Å². The molecule has 0 bridgehead atoms. The predicted molar refractivity (Wildman–Crippen MR) is 90.4 cm³/mol. The number of hydrogen-bond acceptors (Lipinski definition) is 4. The number of nitrogens with zero attached hydrogens (tertiary/aromatic N) is 1. The van der Waals surface area contributed by atoms with Crippen LogP contribution in [0.3, 0.4) is 0 Å². The molecule has 1 aliphatic rings. The van der Waals surface area contributed by atoms with E-state index < -0.39 is 0 Å². The number of carbonyl (C=O) groups excluding carboxylic acids is 1. The van der Waals surface area contributed by atoms with E-state index in [-0.39, 0.29) is 12.2 Å². The third-order valence-corrected chi connectivity index (χ3v) is 3.51. The van der Waals surface area contributed by atoms with Crippen molar-refractivity contribution < 1.29 is 14.3 Å². The largest absolute Gasteiger partial charge is 0.353 e. The molecular formula is C18H35NO3. The summed E-state index contributed by atoms with van der Waals surface area (Å²) in [5, 5.41) is 8.51. The van der Waals surface area contributed by atoms with Crippen LogP contribution in [-0.2, 0) is 14.3 Å². The van der Waals surface area contributed by atoms with Gasteiger partial charge in [-0.25, -0.2) is 0 Å². The molecule has 0 amide bonds. The molecule has 0 saturated heterocycles. The maximum absolute atomic E-state index is 10.3. The summed E-state index contributed by atoms with van der Waals surface area (Å²) in [6, 6.07) is 2.03. The van der Waals surface area contributed by atoms with Gasteiger partial charge in [0.1, 0.15) is 12.2 Å². The summed E-state index contributed by atoms with van der Waals surface area (Å²) < 4.78 is 10.1. The standard InChI is InChI=1S/C8H11NO.C6H14O2.C4H10/c9-5-8(6-10)7-3-1-2-4-7;1-4-7-6(3)8-5-2;1-3-4-2/h6-8H,1-4H2;6H,4-5H2,1-3H3;3-4H2,1-2H3. The Hall–Kier alpha value is -0.920. The second-order valence-corrected chi connectivity index (χ2v) is 5.31. The highest BCUT2D eigenvalue weighted by molar-refractivity contribution is 5.58. The van der Waals surface area contributed by atoms with Crippen LogP contribution in [0.1, 0.15) is 73.1 Å². The van der Waals surface area contributed by atoms with Gasteiger partial charge in [0.15, 0.2) is 6.29 Å². The van der Waals surface area contributed by atoms with Gasteiger partial charge in [-0.1, -0.05) is 39.5 Å². The van der Waals surface area contributed by atoms with E-state index in [1.165, 1.54) is 25.7 Å². The number of unbranched alkanes of at least 4 members (excludes halogenated alkanes) is 1. The van der Waals surface area contributed by atoms with Crippen LogP contribution in [0.5, 0.6) is 0 Å². The zero-order chi connectivity index (χ0) is 17.2. The van der Waals surface area contributed by atoms with Crippen LogP contribution < -0.4 is 0 Å². The van der Waals surface area contributed by atoms with Crippen LogP contribution >= 0.6 is 0 Å².